The van der Waals surface area contributed by atoms with E-state index >= 15 is 0 Å². The number of hydrogen-bond donors (Lipinski definition) is 3. The first-order chi connectivity index (χ1) is 8.59. The summed E-state index contributed by atoms with van der Waals surface area (Å²) in [5.74, 6) is 0.770. The highest BCUT2D eigenvalue weighted by Gasteiger charge is 2.15. The zero-order chi connectivity index (χ0) is 12.9. The van der Waals surface area contributed by atoms with E-state index in [1.807, 2.05) is 32.0 Å². The van der Waals surface area contributed by atoms with Gasteiger partial charge >= 0.3 is 0 Å². The van der Waals surface area contributed by atoms with Gasteiger partial charge in [-0.2, -0.15) is 0 Å². The smallest absolute Gasteiger partial charge is 0.125 e. The predicted molar refractivity (Wildman–Crippen MR) is 73.2 cm³/mol. The lowest BCUT2D eigenvalue weighted by atomic mass is 9.98. The zero-order valence-electron chi connectivity index (χ0n) is 10.4. The molecule has 0 spiro atoms. The highest BCUT2D eigenvalue weighted by molar-refractivity contribution is 6.11. The molecule has 0 aliphatic rings. The minimum atomic E-state index is 0.212. The van der Waals surface area contributed by atoms with Crippen LogP contribution in [-0.4, -0.2) is 15.2 Å². The number of nitrogens with one attached hydrogen (secondary N) is 1. The van der Waals surface area contributed by atoms with Gasteiger partial charge in [0, 0.05) is 16.3 Å². The molecule has 1 heterocycles. The van der Waals surface area contributed by atoms with Crippen molar-refractivity contribution in [1.29, 1.82) is 0 Å². The first-order valence-corrected chi connectivity index (χ1v) is 6.05. The molecule has 2 aromatic carbocycles. The molecule has 0 saturated carbocycles. The topological polar surface area (TPSA) is 56.2 Å². The second-order valence-electron chi connectivity index (χ2n) is 4.90. The van der Waals surface area contributed by atoms with Crippen LogP contribution >= 0.6 is 0 Å². The van der Waals surface area contributed by atoms with Crippen molar-refractivity contribution in [1.82, 2.24) is 4.98 Å². The molecule has 1 aromatic heterocycles. The molecular weight excluding hydrogens is 226 g/mol. The Labute approximate surface area is 105 Å². The maximum atomic E-state index is 9.99. The van der Waals surface area contributed by atoms with Crippen molar-refractivity contribution >= 4 is 21.8 Å². The number of aromatic amines is 1. The van der Waals surface area contributed by atoms with Gasteiger partial charge in [-0.1, -0.05) is 19.9 Å². The molecule has 0 bridgehead atoms. The van der Waals surface area contributed by atoms with Gasteiger partial charge in [0.05, 0.1) is 11.0 Å². The van der Waals surface area contributed by atoms with Gasteiger partial charge in [0.15, 0.2) is 0 Å². The zero-order valence-corrected chi connectivity index (χ0v) is 10.4. The molecule has 0 unspecified atom stereocenters. The number of fused-ring (bicyclic) bond motifs is 3. The van der Waals surface area contributed by atoms with Crippen LogP contribution in [0.1, 0.15) is 25.3 Å². The summed E-state index contributed by atoms with van der Waals surface area (Å²) in [6, 6.07) is 8.95. The third-order valence-electron chi connectivity index (χ3n) is 3.37. The van der Waals surface area contributed by atoms with Crippen LogP contribution < -0.4 is 0 Å². The number of H-pyrrole nitrogens is 1. The number of phenols is 2. The van der Waals surface area contributed by atoms with Gasteiger partial charge in [0.2, 0.25) is 0 Å². The molecule has 0 fully saturated rings. The normalized spacial score (nSPS) is 11.7. The van der Waals surface area contributed by atoms with E-state index in [4.69, 9.17) is 0 Å². The van der Waals surface area contributed by atoms with Gasteiger partial charge in [-0.05, 0) is 30.2 Å². The van der Waals surface area contributed by atoms with Crippen LogP contribution in [0.3, 0.4) is 0 Å². The van der Waals surface area contributed by atoms with Crippen LogP contribution in [0.25, 0.3) is 21.8 Å². The number of benzene rings is 2. The predicted octanol–water partition coefficient (Wildman–Crippen LogP) is 3.86. The molecule has 3 rings (SSSR count). The summed E-state index contributed by atoms with van der Waals surface area (Å²) in [6.07, 6.45) is 0. The van der Waals surface area contributed by atoms with E-state index in [9.17, 15) is 10.2 Å². The van der Waals surface area contributed by atoms with Gasteiger partial charge in [0.25, 0.3) is 0 Å². The third-order valence-corrected chi connectivity index (χ3v) is 3.37. The lowest BCUT2D eigenvalue weighted by Crippen LogP contribution is -1.89. The Kier molecular flexibility index (Phi) is 2.23. The number of rotatable bonds is 1. The SMILES string of the molecule is CC(C)c1c(O)ccc2c1[nH]c1cccc(O)c12. The quantitative estimate of drug-likeness (QED) is 0.606. The number of hydrogen-bond acceptors (Lipinski definition) is 2. The van der Waals surface area contributed by atoms with Gasteiger partial charge in [-0.3, -0.25) is 0 Å². The molecule has 0 atom stereocenters. The molecule has 18 heavy (non-hydrogen) atoms. The maximum absolute atomic E-state index is 9.99. The minimum Gasteiger partial charge on any atom is -0.508 e. The molecule has 92 valence electrons. The Morgan fingerprint density at radius 2 is 1.78 bits per heavy atom. The maximum Gasteiger partial charge on any atom is 0.125 e. The van der Waals surface area contributed by atoms with Crippen LogP contribution in [-0.2, 0) is 0 Å². The minimum absolute atomic E-state index is 0.212. The molecule has 3 heteroatoms. The Morgan fingerprint density at radius 3 is 2.50 bits per heavy atom. The average molecular weight is 241 g/mol. The van der Waals surface area contributed by atoms with Crippen molar-refractivity contribution in [3.05, 3.63) is 35.9 Å². The highest BCUT2D eigenvalue weighted by Crippen LogP contribution is 2.39. The second kappa shape index (κ2) is 3.67. The summed E-state index contributed by atoms with van der Waals surface area (Å²) in [5.41, 5.74) is 2.68. The first kappa shape index (κ1) is 11.0. The van der Waals surface area contributed by atoms with E-state index in [0.717, 1.165) is 27.4 Å². The monoisotopic (exact) mass is 241 g/mol. The van der Waals surface area contributed by atoms with Crippen molar-refractivity contribution in [2.45, 2.75) is 19.8 Å². The molecule has 3 N–H and O–H groups in total. The summed E-state index contributed by atoms with van der Waals surface area (Å²) < 4.78 is 0. The van der Waals surface area contributed by atoms with E-state index in [0.29, 0.717) is 5.75 Å². The summed E-state index contributed by atoms with van der Waals surface area (Å²) in [7, 11) is 0. The Bertz CT molecular complexity index is 741. The van der Waals surface area contributed by atoms with Crippen molar-refractivity contribution in [3.63, 3.8) is 0 Å². The van der Waals surface area contributed by atoms with Crippen molar-refractivity contribution in [2.75, 3.05) is 0 Å². The third kappa shape index (κ3) is 1.37. The van der Waals surface area contributed by atoms with Gasteiger partial charge < -0.3 is 15.2 Å². The molecule has 0 saturated heterocycles. The average Bonchev–Trinajstić information content (AvgIpc) is 2.67. The summed E-state index contributed by atoms with van der Waals surface area (Å²) in [4.78, 5) is 3.29. The number of aromatic hydroxyl groups is 2. The van der Waals surface area contributed by atoms with Gasteiger partial charge in [0.1, 0.15) is 11.5 Å². The van der Waals surface area contributed by atoms with E-state index in [1.54, 1.807) is 12.1 Å². The number of aromatic nitrogens is 1. The van der Waals surface area contributed by atoms with E-state index in [-0.39, 0.29) is 11.7 Å². The molecule has 0 aliphatic carbocycles. The van der Waals surface area contributed by atoms with Gasteiger partial charge in [-0.15, -0.1) is 0 Å². The molecule has 0 amide bonds. The van der Waals surface area contributed by atoms with E-state index in [1.165, 1.54) is 0 Å². The lowest BCUT2D eigenvalue weighted by Gasteiger charge is -2.09. The Morgan fingerprint density at radius 1 is 1.00 bits per heavy atom. The van der Waals surface area contributed by atoms with Crippen LogP contribution in [0, 0.1) is 0 Å². The Balaban J connectivity index is 2.54. The Hall–Kier alpha value is -2.16. The standard InChI is InChI=1S/C15H15NO2/c1-8(2)13-12(18)7-6-9-14-10(16-15(9)13)4-3-5-11(14)17/h3-8,16-18H,1-2H3. The highest BCUT2D eigenvalue weighted by atomic mass is 16.3. The fourth-order valence-corrected chi connectivity index (χ4v) is 2.60. The second-order valence-corrected chi connectivity index (χ2v) is 4.90. The van der Waals surface area contributed by atoms with Gasteiger partial charge in [-0.25, -0.2) is 0 Å². The van der Waals surface area contributed by atoms with Crippen molar-refractivity contribution in [3.8, 4) is 11.5 Å². The fraction of sp³-hybridized carbons (Fsp3) is 0.200. The fourth-order valence-electron chi connectivity index (χ4n) is 2.60. The molecule has 3 aromatic rings. The van der Waals surface area contributed by atoms with Crippen LogP contribution in [0.15, 0.2) is 30.3 Å². The van der Waals surface area contributed by atoms with Crippen molar-refractivity contribution < 1.29 is 10.2 Å². The molecule has 0 aliphatic heterocycles. The first-order valence-electron chi connectivity index (χ1n) is 6.05. The molecule has 0 radical (unpaired) electrons. The van der Waals surface area contributed by atoms with E-state index in [2.05, 4.69) is 4.98 Å². The summed E-state index contributed by atoms with van der Waals surface area (Å²) in [5, 5.41) is 21.7. The van der Waals surface area contributed by atoms with Crippen LogP contribution in [0.5, 0.6) is 11.5 Å². The largest absolute Gasteiger partial charge is 0.508 e. The molecule has 3 nitrogen and oxygen atoms in total. The lowest BCUT2D eigenvalue weighted by molar-refractivity contribution is 0.466. The molecular formula is C15H15NO2. The van der Waals surface area contributed by atoms with Crippen LogP contribution in [0.2, 0.25) is 0 Å². The summed E-state index contributed by atoms with van der Waals surface area (Å²) >= 11 is 0. The van der Waals surface area contributed by atoms with Crippen LogP contribution in [0.4, 0.5) is 0 Å². The van der Waals surface area contributed by atoms with E-state index < -0.39 is 0 Å². The summed E-state index contributed by atoms with van der Waals surface area (Å²) in [6.45, 7) is 4.08. The number of phenolic OH excluding ortho intramolecular Hbond substituents is 2. The van der Waals surface area contributed by atoms with Crippen molar-refractivity contribution in [2.24, 2.45) is 0 Å².